The topological polar surface area (TPSA) is 0 Å². The van der Waals surface area contributed by atoms with Crippen LogP contribution >= 0.6 is 0 Å². The van der Waals surface area contributed by atoms with Gasteiger partial charge in [0.1, 0.15) is 0 Å². The Hall–Kier alpha value is 0. The second kappa shape index (κ2) is 0.586. The molecule has 0 radical (unpaired) electrons. The predicted molar refractivity (Wildman–Crippen MR) is 27.7 cm³/mol. The first kappa shape index (κ1) is 3.11. The average Bonchev–Trinajstić information content (AvgIpc) is 1.83. The maximum absolute atomic E-state index is 2.43. The molecule has 7 heavy (non-hydrogen) atoms. The molecule has 3 saturated carbocycles. The van der Waals surface area contributed by atoms with Crippen LogP contribution in [-0.4, -0.2) is 0 Å². The Bertz CT molecular complexity index is 116. The van der Waals surface area contributed by atoms with E-state index in [9.17, 15) is 0 Å². The molecule has 0 spiro atoms. The fourth-order valence-electron chi connectivity index (χ4n) is 3.07. The van der Waals surface area contributed by atoms with Crippen molar-refractivity contribution in [2.45, 2.75) is 13.3 Å². The van der Waals surface area contributed by atoms with Gasteiger partial charge in [0.05, 0.1) is 0 Å². The highest BCUT2D eigenvalue weighted by Crippen LogP contribution is 2.80. The van der Waals surface area contributed by atoms with E-state index >= 15 is 0 Å². The van der Waals surface area contributed by atoms with E-state index in [-0.39, 0.29) is 0 Å². The molecule has 0 aromatic rings. The molecule has 3 rings (SSSR count). The van der Waals surface area contributed by atoms with E-state index in [1.807, 2.05) is 0 Å². The summed E-state index contributed by atoms with van der Waals surface area (Å²) in [4.78, 5) is 0. The lowest BCUT2D eigenvalue weighted by molar-refractivity contribution is 0.147. The molecule has 0 N–H and O–H groups in total. The molecule has 0 heteroatoms. The van der Waals surface area contributed by atoms with E-state index in [2.05, 4.69) is 6.92 Å². The highest BCUT2D eigenvalue weighted by molar-refractivity contribution is 5.22. The lowest BCUT2D eigenvalue weighted by Crippen LogP contribution is -2.28. The van der Waals surface area contributed by atoms with Gasteiger partial charge >= 0.3 is 0 Å². The first-order valence-electron chi connectivity index (χ1n) is 3.39. The Morgan fingerprint density at radius 2 is 2.00 bits per heavy atom. The van der Waals surface area contributed by atoms with Gasteiger partial charge in [0.25, 0.3) is 0 Å². The Morgan fingerprint density at radius 1 is 1.14 bits per heavy atom. The molecule has 38 valence electrons. The number of hydrogen-bond acceptors (Lipinski definition) is 0. The van der Waals surface area contributed by atoms with Crippen molar-refractivity contribution in [1.29, 1.82) is 0 Å². The first-order chi connectivity index (χ1) is 3.39. The van der Waals surface area contributed by atoms with Gasteiger partial charge in [0.2, 0.25) is 0 Å². The van der Waals surface area contributed by atoms with Crippen LogP contribution in [0, 0.1) is 29.6 Å². The first-order valence-corrected chi connectivity index (χ1v) is 3.39. The Morgan fingerprint density at radius 3 is 2.14 bits per heavy atom. The zero-order chi connectivity index (χ0) is 4.59. The fourth-order valence-corrected chi connectivity index (χ4v) is 3.07. The van der Waals surface area contributed by atoms with Crippen molar-refractivity contribution in [3.63, 3.8) is 0 Å². The second-order valence-electron chi connectivity index (χ2n) is 3.58. The van der Waals surface area contributed by atoms with Crippen LogP contribution in [0.4, 0.5) is 0 Å². The van der Waals surface area contributed by atoms with Crippen LogP contribution in [0.25, 0.3) is 0 Å². The van der Waals surface area contributed by atoms with Gasteiger partial charge in [-0.15, -0.1) is 0 Å². The SMILES string of the molecule is CC1C2CC3C1C23. The van der Waals surface area contributed by atoms with Gasteiger partial charge in [-0.2, -0.15) is 0 Å². The summed E-state index contributed by atoms with van der Waals surface area (Å²) in [7, 11) is 0. The summed E-state index contributed by atoms with van der Waals surface area (Å²) < 4.78 is 0. The fraction of sp³-hybridized carbons (Fsp3) is 1.00. The van der Waals surface area contributed by atoms with Gasteiger partial charge in [-0.3, -0.25) is 0 Å². The summed E-state index contributed by atoms with van der Waals surface area (Å²) in [6.45, 7) is 2.43. The van der Waals surface area contributed by atoms with Gasteiger partial charge < -0.3 is 0 Å². The number of rotatable bonds is 0. The lowest BCUT2D eigenvalue weighted by atomic mass is 9.72. The second-order valence-corrected chi connectivity index (χ2v) is 3.58. The van der Waals surface area contributed by atoms with Gasteiger partial charge in [-0.1, -0.05) is 6.92 Å². The van der Waals surface area contributed by atoms with Crippen molar-refractivity contribution >= 4 is 0 Å². The van der Waals surface area contributed by atoms with Crippen molar-refractivity contribution in [3.05, 3.63) is 0 Å². The zero-order valence-corrected chi connectivity index (χ0v) is 4.59. The summed E-state index contributed by atoms with van der Waals surface area (Å²) in [5.74, 6) is 6.13. The summed E-state index contributed by atoms with van der Waals surface area (Å²) in [5, 5.41) is 0. The highest BCUT2D eigenvalue weighted by atomic mass is 14.8. The molecule has 0 heterocycles. The predicted octanol–water partition coefficient (Wildman–Crippen LogP) is 1.52. The van der Waals surface area contributed by atoms with Crippen LogP contribution < -0.4 is 0 Å². The van der Waals surface area contributed by atoms with Crippen molar-refractivity contribution in [1.82, 2.24) is 0 Å². The van der Waals surface area contributed by atoms with Gasteiger partial charge in [-0.25, -0.2) is 0 Å². The monoisotopic (exact) mass is 94.1 g/mol. The van der Waals surface area contributed by atoms with Gasteiger partial charge in [0, 0.05) is 0 Å². The Kier molecular flexibility index (Phi) is 0.260. The minimum absolute atomic E-state index is 1.15. The molecule has 3 aliphatic carbocycles. The van der Waals surface area contributed by atoms with Crippen LogP contribution in [0.1, 0.15) is 13.3 Å². The molecule has 0 aromatic carbocycles. The third-order valence-electron chi connectivity index (χ3n) is 3.61. The van der Waals surface area contributed by atoms with E-state index < -0.39 is 0 Å². The van der Waals surface area contributed by atoms with E-state index in [0.717, 1.165) is 5.92 Å². The molecule has 3 fully saturated rings. The quantitative estimate of drug-likeness (QED) is 0.427. The molecule has 0 bridgehead atoms. The molecule has 0 saturated heterocycles. The molecule has 3 aliphatic rings. The molecule has 0 aromatic heterocycles. The third kappa shape index (κ3) is 0.142. The van der Waals surface area contributed by atoms with E-state index in [0.29, 0.717) is 0 Å². The zero-order valence-electron chi connectivity index (χ0n) is 4.59. The highest BCUT2D eigenvalue weighted by Gasteiger charge is 2.75. The molecule has 5 atom stereocenters. The molecule has 0 nitrogen and oxygen atoms in total. The maximum atomic E-state index is 2.43. The van der Waals surface area contributed by atoms with Crippen molar-refractivity contribution < 1.29 is 0 Å². The number of fused-ring (bicyclic) bond motifs is 1. The van der Waals surface area contributed by atoms with Crippen LogP contribution in [-0.2, 0) is 0 Å². The Balaban J connectivity index is 2.08. The Labute approximate surface area is 43.9 Å². The minimum Gasteiger partial charge on any atom is -0.0619 e. The van der Waals surface area contributed by atoms with E-state index in [1.165, 1.54) is 23.7 Å². The van der Waals surface area contributed by atoms with Crippen molar-refractivity contribution in [3.8, 4) is 0 Å². The standard InChI is InChI=1S/C7H10/c1-3-4-2-5-6(3)7(4)5/h3-7H,2H2,1H3. The smallest absolute Gasteiger partial charge is 0.0318 e. The van der Waals surface area contributed by atoms with Crippen LogP contribution in [0.15, 0.2) is 0 Å². The van der Waals surface area contributed by atoms with E-state index in [1.54, 1.807) is 6.42 Å². The molecule has 0 aliphatic heterocycles. The van der Waals surface area contributed by atoms with Crippen LogP contribution in [0.2, 0.25) is 0 Å². The molecule has 0 amide bonds. The van der Waals surface area contributed by atoms with Crippen molar-refractivity contribution in [2.75, 3.05) is 0 Å². The third-order valence-corrected chi connectivity index (χ3v) is 3.61. The normalized spacial score (nSPS) is 81.0. The van der Waals surface area contributed by atoms with Gasteiger partial charge in [-0.05, 0) is 36.0 Å². The van der Waals surface area contributed by atoms with Crippen molar-refractivity contribution in [2.24, 2.45) is 29.6 Å². The minimum atomic E-state index is 1.15. The maximum Gasteiger partial charge on any atom is -0.0318 e. The molecular formula is C7H10. The van der Waals surface area contributed by atoms with Gasteiger partial charge in [0.15, 0.2) is 0 Å². The number of hydrogen-bond donors (Lipinski definition) is 0. The summed E-state index contributed by atoms with van der Waals surface area (Å²) in [6.07, 6.45) is 1.61. The summed E-state index contributed by atoms with van der Waals surface area (Å²) in [6, 6.07) is 0. The largest absolute Gasteiger partial charge is 0.0619 e. The molecular weight excluding hydrogens is 84.1 g/mol. The molecule has 5 unspecified atom stereocenters. The average molecular weight is 94.2 g/mol. The van der Waals surface area contributed by atoms with Crippen LogP contribution in [0.5, 0.6) is 0 Å². The van der Waals surface area contributed by atoms with Crippen LogP contribution in [0.3, 0.4) is 0 Å². The van der Waals surface area contributed by atoms with E-state index in [4.69, 9.17) is 0 Å². The lowest BCUT2D eigenvalue weighted by Gasteiger charge is -2.33. The summed E-state index contributed by atoms with van der Waals surface area (Å²) >= 11 is 0. The summed E-state index contributed by atoms with van der Waals surface area (Å²) in [5.41, 5.74) is 0.